The molecule has 2 atom stereocenters. The van der Waals surface area contributed by atoms with Gasteiger partial charge in [-0.25, -0.2) is 0 Å². The van der Waals surface area contributed by atoms with Gasteiger partial charge in [0.2, 0.25) is 5.91 Å². The summed E-state index contributed by atoms with van der Waals surface area (Å²) >= 11 is 0. The number of hydrogen-bond acceptors (Lipinski definition) is 3. The summed E-state index contributed by atoms with van der Waals surface area (Å²) < 4.78 is 0. The maximum absolute atomic E-state index is 12.5. The Balaban J connectivity index is 1.67. The van der Waals surface area contributed by atoms with Gasteiger partial charge in [0.15, 0.2) is 5.84 Å². The van der Waals surface area contributed by atoms with Crippen LogP contribution in [-0.2, 0) is 4.79 Å². The molecule has 2 saturated carbocycles. The normalized spacial score (nSPS) is 27.3. The molecule has 4 N–H and O–H groups in total. The van der Waals surface area contributed by atoms with Gasteiger partial charge in [-0.1, -0.05) is 48.3 Å². The highest BCUT2D eigenvalue weighted by Gasteiger charge is 2.48. The molecular formula is C16H21N3O2. The second-order valence-corrected chi connectivity index (χ2v) is 6.12. The number of nitrogens with two attached hydrogens (primary N) is 1. The summed E-state index contributed by atoms with van der Waals surface area (Å²) in [6.45, 7) is 0. The number of nitrogens with one attached hydrogen (secondary N) is 1. The molecule has 0 radical (unpaired) electrons. The van der Waals surface area contributed by atoms with Crippen molar-refractivity contribution in [2.24, 2.45) is 16.8 Å². The van der Waals surface area contributed by atoms with E-state index < -0.39 is 5.54 Å². The van der Waals surface area contributed by atoms with E-state index in [0.717, 1.165) is 32.1 Å². The molecule has 1 amide bonds. The van der Waals surface area contributed by atoms with Crippen molar-refractivity contribution >= 4 is 11.7 Å². The zero-order valence-corrected chi connectivity index (χ0v) is 12.0. The molecule has 21 heavy (non-hydrogen) atoms. The summed E-state index contributed by atoms with van der Waals surface area (Å²) in [7, 11) is 0. The van der Waals surface area contributed by atoms with Crippen LogP contribution in [0.25, 0.3) is 0 Å². The van der Waals surface area contributed by atoms with Crippen LogP contribution < -0.4 is 11.1 Å². The Morgan fingerprint density at radius 3 is 2.57 bits per heavy atom. The highest BCUT2D eigenvalue weighted by Crippen LogP contribution is 2.48. The third-order valence-electron chi connectivity index (χ3n) is 4.77. The van der Waals surface area contributed by atoms with E-state index in [9.17, 15) is 4.79 Å². The molecule has 0 saturated heterocycles. The van der Waals surface area contributed by atoms with E-state index in [-0.39, 0.29) is 17.7 Å². The molecule has 3 rings (SSSR count). The van der Waals surface area contributed by atoms with Crippen LogP contribution in [0, 0.1) is 5.92 Å². The molecule has 2 fully saturated rings. The minimum atomic E-state index is -0.643. The summed E-state index contributed by atoms with van der Waals surface area (Å²) in [5.74, 6) is 0.468. The van der Waals surface area contributed by atoms with Crippen LogP contribution in [0.5, 0.6) is 0 Å². The molecule has 0 aliphatic heterocycles. The number of nitrogens with zero attached hydrogens (tertiary/aromatic N) is 1. The van der Waals surface area contributed by atoms with Gasteiger partial charge in [-0.05, 0) is 30.7 Å². The second-order valence-electron chi connectivity index (χ2n) is 6.12. The molecule has 0 bridgehead atoms. The molecule has 2 aliphatic carbocycles. The van der Waals surface area contributed by atoms with Crippen molar-refractivity contribution in [3.05, 3.63) is 35.9 Å². The number of carbonyl (C=O) groups excluding carboxylic acids is 1. The van der Waals surface area contributed by atoms with Crippen LogP contribution in [-0.4, -0.2) is 22.5 Å². The lowest BCUT2D eigenvalue weighted by molar-refractivity contribution is -0.123. The van der Waals surface area contributed by atoms with E-state index in [2.05, 4.69) is 22.6 Å². The van der Waals surface area contributed by atoms with E-state index in [1.807, 2.05) is 18.2 Å². The predicted molar refractivity (Wildman–Crippen MR) is 80.0 cm³/mol. The van der Waals surface area contributed by atoms with Crippen LogP contribution in [0.4, 0.5) is 0 Å². The zero-order chi connectivity index (χ0) is 14.9. The predicted octanol–water partition coefficient (Wildman–Crippen LogP) is 1.97. The Hall–Kier alpha value is -2.04. The molecule has 5 heteroatoms. The molecule has 0 spiro atoms. The van der Waals surface area contributed by atoms with Crippen molar-refractivity contribution in [3.63, 3.8) is 0 Å². The van der Waals surface area contributed by atoms with Gasteiger partial charge in [0.1, 0.15) is 5.54 Å². The summed E-state index contributed by atoms with van der Waals surface area (Å²) in [5.41, 5.74) is 6.38. The van der Waals surface area contributed by atoms with E-state index in [0.29, 0.717) is 5.92 Å². The lowest BCUT2D eigenvalue weighted by Crippen LogP contribution is -2.56. The number of carbonyl (C=O) groups is 1. The topological polar surface area (TPSA) is 87.7 Å². The van der Waals surface area contributed by atoms with Crippen molar-refractivity contribution < 1.29 is 10.0 Å². The molecule has 112 valence electrons. The molecular weight excluding hydrogens is 266 g/mol. The van der Waals surface area contributed by atoms with Crippen LogP contribution in [0.1, 0.15) is 43.6 Å². The highest BCUT2D eigenvalue weighted by molar-refractivity contribution is 5.95. The summed E-state index contributed by atoms with van der Waals surface area (Å²) in [4.78, 5) is 12.5. The number of benzene rings is 1. The van der Waals surface area contributed by atoms with Gasteiger partial charge in [-0.3, -0.25) is 4.79 Å². The third-order valence-corrected chi connectivity index (χ3v) is 4.77. The fourth-order valence-electron chi connectivity index (χ4n) is 3.40. The minimum absolute atomic E-state index is 0.0105. The van der Waals surface area contributed by atoms with Crippen LogP contribution >= 0.6 is 0 Å². The third kappa shape index (κ3) is 2.60. The van der Waals surface area contributed by atoms with Gasteiger partial charge in [-0.15, -0.1) is 0 Å². The maximum Gasteiger partial charge on any atom is 0.224 e. The summed E-state index contributed by atoms with van der Waals surface area (Å²) in [6.07, 6.45) is 4.35. The van der Waals surface area contributed by atoms with E-state index in [1.54, 1.807) is 0 Å². The van der Waals surface area contributed by atoms with Crippen LogP contribution in [0.15, 0.2) is 35.5 Å². The number of hydrogen-bond donors (Lipinski definition) is 3. The van der Waals surface area contributed by atoms with Crippen LogP contribution in [0.3, 0.4) is 0 Å². The monoisotopic (exact) mass is 287 g/mol. The van der Waals surface area contributed by atoms with Crippen molar-refractivity contribution in [3.8, 4) is 0 Å². The average molecular weight is 287 g/mol. The second kappa shape index (κ2) is 5.39. The van der Waals surface area contributed by atoms with Gasteiger partial charge < -0.3 is 16.3 Å². The molecule has 0 aromatic heterocycles. The van der Waals surface area contributed by atoms with Crippen LogP contribution in [0.2, 0.25) is 0 Å². The zero-order valence-electron chi connectivity index (χ0n) is 12.0. The standard InChI is InChI=1S/C16H21N3O2/c17-15(19-21)16(8-4-5-9-16)18-14(20)13-10-12(13)11-6-2-1-3-7-11/h1-3,6-7,12-13,21H,4-5,8-10H2,(H2,17,19)(H,18,20). The quantitative estimate of drug-likeness (QED) is 0.342. The first-order valence-electron chi connectivity index (χ1n) is 7.51. The summed E-state index contributed by atoms with van der Waals surface area (Å²) in [6, 6.07) is 10.1. The fourth-order valence-corrected chi connectivity index (χ4v) is 3.40. The van der Waals surface area contributed by atoms with Gasteiger partial charge in [-0.2, -0.15) is 0 Å². The highest BCUT2D eigenvalue weighted by atomic mass is 16.4. The minimum Gasteiger partial charge on any atom is -0.409 e. The summed E-state index contributed by atoms with van der Waals surface area (Å²) in [5, 5.41) is 15.2. The first-order chi connectivity index (χ1) is 10.2. The first kappa shape index (κ1) is 13.9. The molecule has 5 nitrogen and oxygen atoms in total. The Kier molecular flexibility index (Phi) is 3.57. The number of amidine groups is 1. The van der Waals surface area contributed by atoms with E-state index in [4.69, 9.17) is 10.9 Å². The van der Waals surface area contributed by atoms with E-state index >= 15 is 0 Å². The van der Waals surface area contributed by atoms with Crippen molar-refractivity contribution in [1.29, 1.82) is 0 Å². The largest absolute Gasteiger partial charge is 0.409 e. The Morgan fingerprint density at radius 1 is 1.29 bits per heavy atom. The number of oxime groups is 1. The fraction of sp³-hybridized carbons (Fsp3) is 0.500. The van der Waals surface area contributed by atoms with E-state index in [1.165, 1.54) is 5.56 Å². The van der Waals surface area contributed by atoms with Crippen molar-refractivity contribution in [2.45, 2.75) is 43.6 Å². The number of amides is 1. The van der Waals surface area contributed by atoms with Crippen molar-refractivity contribution in [2.75, 3.05) is 0 Å². The maximum atomic E-state index is 12.5. The molecule has 0 heterocycles. The molecule has 1 aromatic rings. The van der Waals surface area contributed by atoms with Crippen molar-refractivity contribution in [1.82, 2.24) is 5.32 Å². The number of rotatable bonds is 4. The molecule has 2 aliphatic rings. The smallest absolute Gasteiger partial charge is 0.224 e. The lowest BCUT2D eigenvalue weighted by atomic mass is 9.95. The Labute approximate surface area is 124 Å². The lowest BCUT2D eigenvalue weighted by Gasteiger charge is -2.28. The first-order valence-corrected chi connectivity index (χ1v) is 7.51. The average Bonchev–Trinajstić information content (AvgIpc) is 3.20. The van der Waals surface area contributed by atoms with Gasteiger partial charge in [0.25, 0.3) is 0 Å². The SMILES string of the molecule is N/C(=N/O)C1(NC(=O)C2CC2c2ccccc2)CCCC1. The molecule has 1 aromatic carbocycles. The molecule has 2 unspecified atom stereocenters. The van der Waals surface area contributed by atoms with Gasteiger partial charge in [0, 0.05) is 5.92 Å². The Bertz CT molecular complexity index is 550. The van der Waals surface area contributed by atoms with Gasteiger partial charge >= 0.3 is 0 Å². The van der Waals surface area contributed by atoms with Gasteiger partial charge in [0.05, 0.1) is 0 Å². The Morgan fingerprint density at radius 2 is 1.95 bits per heavy atom.